The van der Waals surface area contributed by atoms with Gasteiger partial charge >= 0.3 is 0 Å². The molecule has 0 aliphatic carbocycles. The fourth-order valence-corrected chi connectivity index (χ4v) is 2.67. The van der Waals surface area contributed by atoms with Crippen LogP contribution in [0.15, 0.2) is 42.5 Å². The standard InChI is InChI=1S/C14H12O3.C8H16S2/c15-12-5-3-10(4-6-12)1-2-11-7-13(16)9-14(17)8-11;1-2-3-4-5-6-7-8(9)10/h1-9,15-17H;2-7H2,1H3,(H,9,10). The lowest BCUT2D eigenvalue weighted by Crippen LogP contribution is -1.83. The number of unbranched alkanes of at least 4 members (excludes halogenated alkanes) is 4. The number of aromatic hydroxyl groups is 3. The number of hydrogen-bond donors (Lipinski definition) is 4. The first-order valence-electron chi connectivity index (χ1n) is 9.12. The van der Waals surface area contributed by atoms with E-state index in [1.165, 1.54) is 38.2 Å². The highest BCUT2D eigenvalue weighted by molar-refractivity contribution is 8.11. The van der Waals surface area contributed by atoms with Crippen molar-refractivity contribution in [3.63, 3.8) is 0 Å². The van der Waals surface area contributed by atoms with Gasteiger partial charge in [0.2, 0.25) is 0 Å². The van der Waals surface area contributed by atoms with Gasteiger partial charge in [0.25, 0.3) is 0 Å². The lowest BCUT2D eigenvalue weighted by Gasteiger charge is -1.98. The summed E-state index contributed by atoms with van der Waals surface area (Å²) in [7, 11) is 0. The predicted octanol–water partition coefficient (Wildman–Crippen LogP) is 6.58. The van der Waals surface area contributed by atoms with E-state index in [1.807, 2.05) is 6.08 Å². The van der Waals surface area contributed by atoms with Gasteiger partial charge in [-0.2, -0.15) is 0 Å². The summed E-state index contributed by atoms with van der Waals surface area (Å²) in [5.41, 5.74) is 1.63. The van der Waals surface area contributed by atoms with Crippen molar-refractivity contribution in [3.05, 3.63) is 53.6 Å². The van der Waals surface area contributed by atoms with Crippen molar-refractivity contribution in [1.82, 2.24) is 0 Å². The highest BCUT2D eigenvalue weighted by Gasteiger charge is 1.96. The third-order valence-corrected chi connectivity index (χ3v) is 4.21. The molecule has 0 bridgehead atoms. The molecule has 0 saturated heterocycles. The van der Waals surface area contributed by atoms with Crippen LogP contribution in [0.2, 0.25) is 0 Å². The molecule has 146 valence electrons. The van der Waals surface area contributed by atoms with Gasteiger partial charge in [-0.05, 0) is 48.2 Å². The van der Waals surface area contributed by atoms with Crippen molar-refractivity contribution < 1.29 is 15.3 Å². The Hall–Kier alpha value is -1.98. The number of thiol groups is 1. The van der Waals surface area contributed by atoms with Crippen LogP contribution >= 0.6 is 24.8 Å². The number of thiocarbonyl (C=S) groups is 1. The van der Waals surface area contributed by atoms with Crippen LogP contribution in [0.5, 0.6) is 17.2 Å². The summed E-state index contributed by atoms with van der Waals surface area (Å²) in [6.07, 6.45) is 11.2. The number of phenolic OH excluding ortho intramolecular Hbond substituents is 3. The number of rotatable bonds is 8. The lowest BCUT2D eigenvalue weighted by molar-refractivity contribution is 0.450. The summed E-state index contributed by atoms with van der Waals surface area (Å²) in [5, 5.41) is 27.7. The first-order chi connectivity index (χ1) is 12.9. The zero-order valence-corrected chi connectivity index (χ0v) is 17.3. The second-order valence-electron chi connectivity index (χ2n) is 6.27. The Bertz CT molecular complexity index is 705. The molecule has 0 aliphatic rings. The zero-order valence-electron chi connectivity index (χ0n) is 15.6. The fraction of sp³-hybridized carbons (Fsp3) is 0.318. The molecule has 0 unspecified atom stereocenters. The summed E-state index contributed by atoms with van der Waals surface area (Å²) in [5.74, 6) is 0.267. The molecule has 0 amide bonds. The van der Waals surface area contributed by atoms with E-state index < -0.39 is 0 Å². The third-order valence-electron chi connectivity index (χ3n) is 3.78. The van der Waals surface area contributed by atoms with Crippen LogP contribution in [0, 0.1) is 0 Å². The number of benzene rings is 2. The Morgan fingerprint density at radius 3 is 1.93 bits per heavy atom. The van der Waals surface area contributed by atoms with Crippen molar-refractivity contribution >= 4 is 41.2 Å². The van der Waals surface area contributed by atoms with Gasteiger partial charge in [-0.15, -0.1) is 12.6 Å². The molecule has 0 aromatic heterocycles. The molecule has 0 heterocycles. The van der Waals surface area contributed by atoms with Gasteiger partial charge < -0.3 is 15.3 Å². The Kier molecular flexibility index (Phi) is 11.3. The van der Waals surface area contributed by atoms with Crippen LogP contribution in [0.3, 0.4) is 0 Å². The van der Waals surface area contributed by atoms with E-state index in [0.29, 0.717) is 5.56 Å². The Morgan fingerprint density at radius 1 is 0.815 bits per heavy atom. The molecular weight excluding hydrogens is 376 g/mol. The van der Waals surface area contributed by atoms with Crippen molar-refractivity contribution in [2.45, 2.75) is 45.4 Å². The monoisotopic (exact) mass is 404 g/mol. The molecule has 27 heavy (non-hydrogen) atoms. The maximum Gasteiger partial charge on any atom is 0.119 e. The topological polar surface area (TPSA) is 60.7 Å². The molecule has 0 radical (unpaired) electrons. The summed E-state index contributed by atoms with van der Waals surface area (Å²) in [4.78, 5) is 0. The second-order valence-corrected chi connectivity index (χ2v) is 7.60. The molecule has 5 heteroatoms. The minimum absolute atomic E-state index is 0.0235. The normalized spacial score (nSPS) is 10.4. The molecule has 0 aliphatic heterocycles. The Morgan fingerprint density at radius 2 is 1.37 bits per heavy atom. The van der Waals surface area contributed by atoms with Gasteiger partial charge in [-0.25, -0.2) is 0 Å². The molecule has 3 N–H and O–H groups in total. The van der Waals surface area contributed by atoms with Crippen molar-refractivity contribution in [3.8, 4) is 17.2 Å². The van der Waals surface area contributed by atoms with Crippen LogP contribution in [0.25, 0.3) is 12.2 Å². The van der Waals surface area contributed by atoms with Gasteiger partial charge in [0, 0.05) is 10.3 Å². The Balaban J connectivity index is 0.000000314. The summed E-state index contributed by atoms with van der Waals surface area (Å²) in [6.45, 7) is 2.23. The largest absolute Gasteiger partial charge is 0.508 e. The van der Waals surface area contributed by atoms with Crippen molar-refractivity contribution in [2.24, 2.45) is 0 Å². The fourth-order valence-electron chi connectivity index (χ4n) is 2.37. The van der Waals surface area contributed by atoms with Crippen LogP contribution in [-0.4, -0.2) is 19.5 Å². The summed E-state index contributed by atoms with van der Waals surface area (Å²) in [6, 6.07) is 11.1. The summed E-state index contributed by atoms with van der Waals surface area (Å²) >= 11 is 8.89. The molecule has 2 aromatic carbocycles. The van der Waals surface area contributed by atoms with E-state index in [-0.39, 0.29) is 17.2 Å². The molecule has 0 fully saturated rings. The van der Waals surface area contributed by atoms with Crippen LogP contribution < -0.4 is 0 Å². The van der Waals surface area contributed by atoms with Gasteiger partial charge in [-0.1, -0.05) is 69.1 Å². The smallest absolute Gasteiger partial charge is 0.119 e. The van der Waals surface area contributed by atoms with E-state index >= 15 is 0 Å². The van der Waals surface area contributed by atoms with Crippen molar-refractivity contribution in [1.29, 1.82) is 0 Å². The van der Waals surface area contributed by atoms with E-state index in [9.17, 15) is 10.2 Å². The minimum Gasteiger partial charge on any atom is -0.508 e. The lowest BCUT2D eigenvalue weighted by atomic mass is 10.1. The number of phenols is 3. The van der Waals surface area contributed by atoms with Gasteiger partial charge in [0.05, 0.1) is 0 Å². The quantitative estimate of drug-likeness (QED) is 0.174. The van der Waals surface area contributed by atoms with E-state index in [2.05, 4.69) is 19.6 Å². The van der Waals surface area contributed by atoms with Crippen LogP contribution in [0.4, 0.5) is 0 Å². The minimum atomic E-state index is 0.0235. The third kappa shape index (κ3) is 11.4. The maximum atomic E-state index is 9.30. The van der Waals surface area contributed by atoms with Crippen molar-refractivity contribution in [2.75, 3.05) is 0 Å². The van der Waals surface area contributed by atoms with Crippen LogP contribution in [-0.2, 0) is 0 Å². The highest BCUT2D eigenvalue weighted by Crippen LogP contribution is 2.22. The average molecular weight is 405 g/mol. The predicted molar refractivity (Wildman–Crippen MR) is 122 cm³/mol. The zero-order chi connectivity index (χ0) is 20.1. The van der Waals surface area contributed by atoms with Gasteiger partial charge in [0.1, 0.15) is 17.2 Å². The SMILES string of the molecule is CCCCCCCC(=S)S.Oc1ccc(C=Cc2cc(O)cc(O)c2)cc1. The Labute approximate surface area is 172 Å². The molecule has 2 aromatic rings. The highest BCUT2D eigenvalue weighted by atomic mass is 32.1. The molecule has 2 rings (SSSR count). The molecule has 3 nitrogen and oxygen atoms in total. The van der Waals surface area contributed by atoms with E-state index in [4.69, 9.17) is 17.3 Å². The average Bonchev–Trinajstić information content (AvgIpc) is 2.61. The molecule has 0 atom stereocenters. The van der Waals surface area contributed by atoms with E-state index in [1.54, 1.807) is 42.5 Å². The van der Waals surface area contributed by atoms with Crippen LogP contribution in [0.1, 0.15) is 56.6 Å². The number of hydrogen-bond acceptors (Lipinski definition) is 4. The molecule has 0 saturated carbocycles. The van der Waals surface area contributed by atoms with E-state index in [0.717, 1.165) is 16.2 Å². The molecular formula is C22H28O3S2. The maximum absolute atomic E-state index is 9.30. The molecule has 0 spiro atoms. The first-order valence-corrected chi connectivity index (χ1v) is 9.98. The second kappa shape index (κ2) is 13.2. The van der Waals surface area contributed by atoms with Gasteiger partial charge in [-0.3, -0.25) is 0 Å². The van der Waals surface area contributed by atoms with Gasteiger partial charge in [0.15, 0.2) is 0 Å². The summed E-state index contributed by atoms with van der Waals surface area (Å²) < 4.78 is 0.858. The first kappa shape index (κ1) is 23.1.